The van der Waals surface area contributed by atoms with Crippen molar-refractivity contribution >= 4 is 49.8 Å². The third-order valence-electron chi connectivity index (χ3n) is 9.26. The minimum Gasteiger partial charge on any atom is -0.456 e. The number of fused-ring (bicyclic) bond motifs is 4. The predicted molar refractivity (Wildman–Crippen MR) is 202 cm³/mol. The highest BCUT2D eigenvalue weighted by atomic mass is 16.3. The molecule has 0 aliphatic heterocycles. The van der Waals surface area contributed by atoms with Gasteiger partial charge in [-0.3, -0.25) is 0 Å². The second-order valence-corrected chi connectivity index (χ2v) is 12.2. The lowest BCUT2D eigenvalue weighted by molar-refractivity contribution is 0.669. The molecule has 1 heterocycles. The number of benzene rings is 8. The van der Waals surface area contributed by atoms with Crippen LogP contribution in [-0.2, 0) is 0 Å². The molecule has 0 spiro atoms. The van der Waals surface area contributed by atoms with E-state index in [-0.39, 0.29) is 0 Å². The fraction of sp³-hybridized carbons (Fsp3) is 0. The largest absolute Gasteiger partial charge is 0.456 e. The van der Waals surface area contributed by atoms with Gasteiger partial charge in [-0.15, -0.1) is 0 Å². The third kappa shape index (κ3) is 5.01. The van der Waals surface area contributed by atoms with E-state index >= 15 is 0 Å². The highest BCUT2D eigenvalue weighted by molar-refractivity contribution is 6.10. The summed E-state index contributed by atoms with van der Waals surface area (Å²) in [7, 11) is 0. The average molecular weight is 614 g/mol. The molecular weight excluding hydrogens is 583 g/mol. The maximum atomic E-state index is 6.19. The first-order valence-electron chi connectivity index (χ1n) is 16.3. The van der Waals surface area contributed by atoms with Gasteiger partial charge < -0.3 is 9.32 Å². The fourth-order valence-electron chi connectivity index (χ4n) is 6.87. The highest BCUT2D eigenvalue weighted by Gasteiger charge is 2.15. The number of anilines is 3. The van der Waals surface area contributed by atoms with Crippen molar-refractivity contribution in [3.8, 4) is 33.4 Å². The Kier molecular flexibility index (Phi) is 6.84. The van der Waals surface area contributed by atoms with Crippen molar-refractivity contribution < 1.29 is 4.42 Å². The SMILES string of the molecule is c1ccc(-c2ccccc2-c2ccc(N(c3ccccc3)c3ccc(-c4ccc5cc6c(cc5c4)oc4ccccc46)cc3)cc2)cc1. The molecule has 0 amide bonds. The Bertz CT molecular complexity index is 2530. The van der Waals surface area contributed by atoms with Crippen LogP contribution in [0, 0.1) is 0 Å². The number of furan rings is 1. The maximum absolute atomic E-state index is 6.19. The zero-order valence-electron chi connectivity index (χ0n) is 26.3. The molecule has 226 valence electrons. The van der Waals surface area contributed by atoms with Gasteiger partial charge >= 0.3 is 0 Å². The lowest BCUT2D eigenvalue weighted by Gasteiger charge is -2.26. The molecule has 9 rings (SSSR count). The van der Waals surface area contributed by atoms with Gasteiger partial charge in [-0.25, -0.2) is 0 Å². The zero-order valence-corrected chi connectivity index (χ0v) is 26.3. The molecule has 0 bridgehead atoms. The molecule has 2 nitrogen and oxygen atoms in total. The summed E-state index contributed by atoms with van der Waals surface area (Å²) in [6, 6.07) is 66.9. The van der Waals surface area contributed by atoms with Gasteiger partial charge in [-0.2, -0.15) is 0 Å². The van der Waals surface area contributed by atoms with Crippen molar-refractivity contribution in [1.29, 1.82) is 0 Å². The quantitative estimate of drug-likeness (QED) is 0.185. The minimum atomic E-state index is 0.921. The van der Waals surface area contributed by atoms with Crippen LogP contribution in [0.15, 0.2) is 192 Å². The van der Waals surface area contributed by atoms with Crippen LogP contribution >= 0.6 is 0 Å². The summed E-state index contributed by atoms with van der Waals surface area (Å²) >= 11 is 0. The minimum absolute atomic E-state index is 0.921. The molecule has 0 aliphatic rings. The van der Waals surface area contributed by atoms with Gasteiger partial charge in [-0.05, 0) is 105 Å². The van der Waals surface area contributed by atoms with Crippen LogP contribution in [0.1, 0.15) is 0 Å². The van der Waals surface area contributed by atoms with E-state index in [1.54, 1.807) is 0 Å². The molecule has 8 aromatic carbocycles. The van der Waals surface area contributed by atoms with Crippen molar-refractivity contribution in [2.75, 3.05) is 4.90 Å². The Morgan fingerprint density at radius 1 is 0.312 bits per heavy atom. The monoisotopic (exact) mass is 613 g/mol. The number of hydrogen-bond acceptors (Lipinski definition) is 2. The lowest BCUT2D eigenvalue weighted by Crippen LogP contribution is -2.09. The molecule has 0 saturated carbocycles. The van der Waals surface area contributed by atoms with E-state index in [0.717, 1.165) is 39.0 Å². The van der Waals surface area contributed by atoms with Crippen molar-refractivity contribution in [2.45, 2.75) is 0 Å². The van der Waals surface area contributed by atoms with Gasteiger partial charge in [0.1, 0.15) is 11.2 Å². The average Bonchev–Trinajstić information content (AvgIpc) is 3.52. The summed E-state index contributed by atoms with van der Waals surface area (Å²) in [5.41, 5.74) is 12.4. The first-order valence-corrected chi connectivity index (χ1v) is 16.3. The van der Waals surface area contributed by atoms with Crippen molar-refractivity contribution in [3.63, 3.8) is 0 Å². The number of rotatable bonds is 6. The molecule has 9 aromatic rings. The normalized spacial score (nSPS) is 11.3. The molecule has 0 unspecified atom stereocenters. The van der Waals surface area contributed by atoms with Crippen LogP contribution in [0.3, 0.4) is 0 Å². The Morgan fingerprint density at radius 2 is 0.854 bits per heavy atom. The van der Waals surface area contributed by atoms with Gasteiger partial charge in [-0.1, -0.05) is 127 Å². The summed E-state index contributed by atoms with van der Waals surface area (Å²) in [5, 5.41) is 4.69. The first-order chi connectivity index (χ1) is 23.8. The van der Waals surface area contributed by atoms with Crippen LogP contribution in [0.2, 0.25) is 0 Å². The zero-order chi connectivity index (χ0) is 31.9. The Morgan fingerprint density at radius 3 is 1.56 bits per heavy atom. The fourth-order valence-corrected chi connectivity index (χ4v) is 6.87. The van der Waals surface area contributed by atoms with Crippen LogP contribution in [0.25, 0.3) is 66.1 Å². The van der Waals surface area contributed by atoms with Gasteiger partial charge in [0.15, 0.2) is 0 Å². The van der Waals surface area contributed by atoms with E-state index in [1.807, 2.05) is 12.1 Å². The van der Waals surface area contributed by atoms with E-state index in [4.69, 9.17) is 4.42 Å². The highest BCUT2D eigenvalue weighted by Crippen LogP contribution is 2.39. The summed E-state index contributed by atoms with van der Waals surface area (Å²) in [6.07, 6.45) is 0. The topological polar surface area (TPSA) is 16.4 Å². The number of hydrogen-bond donors (Lipinski definition) is 0. The van der Waals surface area contributed by atoms with Crippen LogP contribution < -0.4 is 4.90 Å². The standard InChI is InChI=1S/C46H31NO/c1-3-11-33(12-4-1)41-15-7-8-16-42(41)34-23-27-40(28-24-34)47(38-13-5-2-6-14-38)39-25-21-32(22-26-39)35-19-20-36-30-44-43-17-9-10-18-45(43)48-46(44)31-37(36)29-35/h1-31H. The van der Waals surface area contributed by atoms with E-state index in [9.17, 15) is 0 Å². The summed E-state index contributed by atoms with van der Waals surface area (Å²) in [5.74, 6) is 0. The molecule has 0 saturated heterocycles. The smallest absolute Gasteiger partial charge is 0.136 e. The van der Waals surface area contributed by atoms with Gasteiger partial charge in [0, 0.05) is 27.8 Å². The number of para-hydroxylation sites is 2. The van der Waals surface area contributed by atoms with Crippen molar-refractivity contribution in [3.05, 3.63) is 188 Å². The Hall–Kier alpha value is -6.38. The second kappa shape index (κ2) is 11.8. The molecule has 0 N–H and O–H groups in total. The van der Waals surface area contributed by atoms with Gasteiger partial charge in [0.05, 0.1) is 0 Å². The van der Waals surface area contributed by atoms with Gasteiger partial charge in [0.2, 0.25) is 0 Å². The second-order valence-electron chi connectivity index (χ2n) is 12.2. The molecule has 48 heavy (non-hydrogen) atoms. The molecule has 0 fully saturated rings. The molecule has 1 aromatic heterocycles. The summed E-state index contributed by atoms with van der Waals surface area (Å²) in [4.78, 5) is 2.31. The Labute approximate surface area is 279 Å². The van der Waals surface area contributed by atoms with Crippen LogP contribution in [0.4, 0.5) is 17.1 Å². The van der Waals surface area contributed by atoms with E-state index in [2.05, 4.69) is 181 Å². The van der Waals surface area contributed by atoms with Crippen molar-refractivity contribution in [1.82, 2.24) is 0 Å². The van der Waals surface area contributed by atoms with Crippen LogP contribution in [0.5, 0.6) is 0 Å². The molecule has 0 aliphatic carbocycles. The molecular formula is C46H31NO. The van der Waals surface area contributed by atoms with E-state index in [1.165, 1.54) is 44.2 Å². The first kappa shape index (κ1) is 27.9. The third-order valence-corrected chi connectivity index (χ3v) is 9.26. The Balaban J connectivity index is 1.06. The molecule has 0 radical (unpaired) electrons. The predicted octanol–water partition coefficient (Wildman–Crippen LogP) is 13.2. The van der Waals surface area contributed by atoms with Crippen molar-refractivity contribution in [2.24, 2.45) is 0 Å². The molecule has 0 atom stereocenters. The lowest BCUT2D eigenvalue weighted by atomic mass is 9.94. The van der Waals surface area contributed by atoms with Crippen LogP contribution in [-0.4, -0.2) is 0 Å². The molecule has 2 heteroatoms. The van der Waals surface area contributed by atoms with E-state index in [0.29, 0.717) is 0 Å². The summed E-state index contributed by atoms with van der Waals surface area (Å²) < 4.78 is 6.19. The maximum Gasteiger partial charge on any atom is 0.136 e. The number of nitrogens with zero attached hydrogens (tertiary/aromatic N) is 1. The summed E-state index contributed by atoms with van der Waals surface area (Å²) in [6.45, 7) is 0. The van der Waals surface area contributed by atoms with Gasteiger partial charge in [0.25, 0.3) is 0 Å². The van der Waals surface area contributed by atoms with E-state index < -0.39 is 0 Å².